The van der Waals surface area contributed by atoms with E-state index >= 15 is 0 Å². The zero-order valence-corrected chi connectivity index (χ0v) is 17.6. The summed E-state index contributed by atoms with van der Waals surface area (Å²) < 4.78 is 15.2. The predicted molar refractivity (Wildman–Crippen MR) is 104 cm³/mol. The van der Waals surface area contributed by atoms with E-state index in [4.69, 9.17) is 14.2 Å². The Morgan fingerprint density at radius 3 is 2.07 bits per heavy atom. The number of carbonyl (C=O) groups excluding carboxylic acids is 3. The first-order valence-electron chi connectivity index (χ1n) is 9.84. The zero-order valence-electron chi connectivity index (χ0n) is 17.6. The summed E-state index contributed by atoms with van der Waals surface area (Å²) in [5.41, 5.74) is -0.718. The average Bonchev–Trinajstić information content (AvgIpc) is 2.55. The van der Waals surface area contributed by atoms with E-state index in [2.05, 4.69) is 13.5 Å². The van der Waals surface area contributed by atoms with Gasteiger partial charge >= 0.3 is 17.9 Å². The van der Waals surface area contributed by atoms with Crippen LogP contribution in [0.5, 0.6) is 0 Å². The fraction of sp³-hybridized carbons (Fsp3) is 0.762. The first-order valence-corrected chi connectivity index (χ1v) is 9.84. The van der Waals surface area contributed by atoms with Gasteiger partial charge < -0.3 is 14.2 Å². The van der Waals surface area contributed by atoms with Crippen molar-refractivity contribution in [3.05, 3.63) is 12.2 Å². The van der Waals surface area contributed by atoms with E-state index in [1.165, 1.54) is 32.6 Å². The molecule has 0 radical (unpaired) electrons. The van der Waals surface area contributed by atoms with Gasteiger partial charge in [0.05, 0.1) is 13.0 Å². The monoisotopic (exact) mass is 384 g/mol. The van der Waals surface area contributed by atoms with Crippen molar-refractivity contribution in [2.45, 2.75) is 97.7 Å². The molecule has 0 saturated carbocycles. The third-order valence-corrected chi connectivity index (χ3v) is 3.68. The Morgan fingerprint density at radius 2 is 1.52 bits per heavy atom. The minimum Gasteiger partial charge on any atom is -0.465 e. The van der Waals surface area contributed by atoms with E-state index in [-0.39, 0.29) is 12.0 Å². The molecule has 0 aromatic rings. The third kappa shape index (κ3) is 13.9. The van der Waals surface area contributed by atoms with Gasteiger partial charge in [0.1, 0.15) is 5.60 Å². The van der Waals surface area contributed by atoms with Crippen LogP contribution in [0, 0.1) is 0 Å². The van der Waals surface area contributed by atoms with Crippen molar-refractivity contribution in [1.29, 1.82) is 0 Å². The minimum atomic E-state index is -1.07. The maximum atomic E-state index is 11.9. The largest absolute Gasteiger partial charge is 0.465 e. The number of ether oxygens (including phenoxy) is 3. The number of carbonyl (C=O) groups is 3. The van der Waals surface area contributed by atoms with Gasteiger partial charge in [-0.2, -0.15) is 0 Å². The summed E-state index contributed by atoms with van der Waals surface area (Å²) in [6, 6.07) is 0. The summed E-state index contributed by atoms with van der Waals surface area (Å²) in [5.74, 6) is -1.97. The maximum absolute atomic E-state index is 11.9. The van der Waals surface area contributed by atoms with Gasteiger partial charge in [0.2, 0.25) is 0 Å². The molecule has 0 bridgehead atoms. The van der Waals surface area contributed by atoms with Gasteiger partial charge in [-0.25, -0.2) is 9.59 Å². The molecule has 0 aromatic heterocycles. The van der Waals surface area contributed by atoms with E-state index < -0.39 is 29.6 Å². The lowest BCUT2D eigenvalue weighted by atomic mass is 10.1. The van der Waals surface area contributed by atoms with Crippen molar-refractivity contribution in [2.24, 2.45) is 0 Å². The smallest absolute Gasteiger partial charge is 0.347 e. The summed E-state index contributed by atoms with van der Waals surface area (Å²) in [5, 5.41) is 0. The quantitative estimate of drug-likeness (QED) is 0.201. The zero-order chi connectivity index (χ0) is 20.9. The van der Waals surface area contributed by atoms with Crippen LogP contribution in [-0.2, 0) is 28.6 Å². The Hall–Kier alpha value is -1.85. The van der Waals surface area contributed by atoms with Gasteiger partial charge in [0.25, 0.3) is 0 Å². The van der Waals surface area contributed by atoms with Gasteiger partial charge in [0, 0.05) is 5.57 Å². The summed E-state index contributed by atoms with van der Waals surface area (Å²) in [7, 11) is 0. The number of unbranched alkanes of at least 4 members (excludes halogenated alkanes) is 6. The van der Waals surface area contributed by atoms with Crippen molar-refractivity contribution >= 4 is 17.9 Å². The van der Waals surface area contributed by atoms with Crippen LogP contribution >= 0.6 is 0 Å². The SMILES string of the molecule is C=C(CC(=O)OCCCCCCCCC)C(=O)OC(C)C(=O)OC(C)(C)C. The van der Waals surface area contributed by atoms with Crippen molar-refractivity contribution in [1.82, 2.24) is 0 Å². The van der Waals surface area contributed by atoms with Gasteiger partial charge in [-0.05, 0) is 34.1 Å². The molecule has 0 fully saturated rings. The van der Waals surface area contributed by atoms with Crippen molar-refractivity contribution in [3.63, 3.8) is 0 Å². The Bertz CT molecular complexity index is 489. The van der Waals surface area contributed by atoms with Gasteiger partial charge in [-0.15, -0.1) is 0 Å². The molecule has 0 aromatic carbocycles. The molecular formula is C21H36O6. The molecule has 1 atom stereocenters. The highest BCUT2D eigenvalue weighted by atomic mass is 16.6. The predicted octanol–water partition coefficient (Wildman–Crippen LogP) is 4.50. The van der Waals surface area contributed by atoms with Crippen LogP contribution < -0.4 is 0 Å². The van der Waals surface area contributed by atoms with Gasteiger partial charge in [-0.3, -0.25) is 4.79 Å². The lowest BCUT2D eigenvalue weighted by Gasteiger charge is -2.22. The first-order chi connectivity index (χ1) is 12.6. The fourth-order valence-electron chi connectivity index (χ4n) is 2.22. The van der Waals surface area contributed by atoms with Gasteiger partial charge in [-0.1, -0.05) is 52.0 Å². The number of hydrogen-bond acceptors (Lipinski definition) is 6. The van der Waals surface area contributed by atoms with Crippen LogP contribution in [-0.4, -0.2) is 36.2 Å². The Labute approximate surface area is 163 Å². The normalized spacial score (nSPS) is 12.2. The lowest BCUT2D eigenvalue weighted by Crippen LogP contribution is -2.33. The Morgan fingerprint density at radius 1 is 0.963 bits per heavy atom. The summed E-state index contributed by atoms with van der Waals surface area (Å²) >= 11 is 0. The molecule has 0 aliphatic heterocycles. The van der Waals surface area contributed by atoms with Crippen LogP contribution in [0.4, 0.5) is 0 Å². The summed E-state index contributed by atoms with van der Waals surface area (Å²) in [4.78, 5) is 35.5. The van der Waals surface area contributed by atoms with Crippen LogP contribution in [0.25, 0.3) is 0 Å². The second-order valence-electron chi connectivity index (χ2n) is 7.70. The minimum absolute atomic E-state index is 0.0463. The standard InChI is InChI=1S/C21H36O6/c1-7-8-9-10-11-12-13-14-25-18(22)15-16(2)19(23)26-17(3)20(24)27-21(4,5)6/h17H,2,7-15H2,1,3-6H3. The second-order valence-corrected chi connectivity index (χ2v) is 7.70. The molecule has 0 spiro atoms. The van der Waals surface area contributed by atoms with E-state index in [0.29, 0.717) is 6.61 Å². The number of rotatable bonds is 13. The fourth-order valence-corrected chi connectivity index (χ4v) is 2.22. The van der Waals surface area contributed by atoms with Crippen molar-refractivity contribution in [2.75, 3.05) is 6.61 Å². The lowest BCUT2D eigenvalue weighted by molar-refractivity contribution is -0.172. The molecule has 0 aliphatic rings. The highest BCUT2D eigenvalue weighted by Crippen LogP contribution is 2.12. The van der Waals surface area contributed by atoms with Gasteiger partial charge in [0.15, 0.2) is 6.10 Å². The van der Waals surface area contributed by atoms with Crippen LogP contribution in [0.3, 0.4) is 0 Å². The van der Waals surface area contributed by atoms with Crippen LogP contribution in [0.15, 0.2) is 12.2 Å². The molecule has 0 N–H and O–H groups in total. The first kappa shape index (κ1) is 25.1. The molecule has 156 valence electrons. The molecular weight excluding hydrogens is 348 g/mol. The molecule has 0 aliphatic carbocycles. The molecule has 0 heterocycles. The number of hydrogen-bond donors (Lipinski definition) is 0. The summed E-state index contributed by atoms with van der Waals surface area (Å²) in [6.45, 7) is 12.6. The topological polar surface area (TPSA) is 78.9 Å². The molecule has 6 nitrogen and oxygen atoms in total. The highest BCUT2D eigenvalue weighted by Gasteiger charge is 2.26. The third-order valence-electron chi connectivity index (χ3n) is 3.68. The molecule has 27 heavy (non-hydrogen) atoms. The molecule has 1 unspecified atom stereocenters. The van der Waals surface area contributed by atoms with Crippen molar-refractivity contribution in [3.8, 4) is 0 Å². The van der Waals surface area contributed by atoms with E-state index in [1.807, 2.05) is 0 Å². The van der Waals surface area contributed by atoms with E-state index in [0.717, 1.165) is 19.3 Å². The van der Waals surface area contributed by atoms with Crippen molar-refractivity contribution < 1.29 is 28.6 Å². The number of esters is 3. The second kappa shape index (κ2) is 13.3. The molecule has 0 rings (SSSR count). The maximum Gasteiger partial charge on any atom is 0.347 e. The average molecular weight is 385 g/mol. The van der Waals surface area contributed by atoms with Crippen LogP contribution in [0.2, 0.25) is 0 Å². The Balaban J connectivity index is 3.99. The van der Waals surface area contributed by atoms with E-state index in [1.54, 1.807) is 20.8 Å². The summed E-state index contributed by atoms with van der Waals surface area (Å²) in [6.07, 6.45) is 6.59. The van der Waals surface area contributed by atoms with E-state index in [9.17, 15) is 14.4 Å². The Kier molecular flexibility index (Phi) is 12.4. The van der Waals surface area contributed by atoms with Crippen LogP contribution in [0.1, 0.15) is 86.0 Å². The molecule has 0 saturated heterocycles. The molecule has 0 amide bonds. The molecule has 6 heteroatoms. The highest BCUT2D eigenvalue weighted by molar-refractivity contribution is 5.94.